The monoisotopic (exact) mass is 491 g/mol. The Morgan fingerprint density at radius 2 is 1.71 bits per heavy atom. The fraction of sp³-hybridized carbons (Fsp3) is 0.125. The molecule has 0 aliphatic rings. The van der Waals surface area contributed by atoms with Crippen LogP contribution in [0.2, 0.25) is 0 Å². The number of para-hydroxylation sites is 1. The molecule has 10 heteroatoms. The lowest BCUT2D eigenvalue weighted by Crippen LogP contribution is -2.13. The standard InChI is InChI=1S/C24H21N5O3S2/c1-3-29-20-11-7-6-10-18(20)19-14-16(12-13-21(19)29)28-34(31,32)24-27-26-23(33-24)25-22(30)17-9-5-4-8-15(17)2/h4-14,28H,3H2,1-2H3,(H,25,26,30). The Bertz CT molecular complexity index is 1650. The van der Waals surface area contributed by atoms with E-state index in [4.69, 9.17) is 0 Å². The van der Waals surface area contributed by atoms with Crippen molar-refractivity contribution in [1.29, 1.82) is 0 Å². The van der Waals surface area contributed by atoms with Crippen LogP contribution in [0.1, 0.15) is 22.8 Å². The van der Waals surface area contributed by atoms with Gasteiger partial charge < -0.3 is 4.57 Å². The van der Waals surface area contributed by atoms with Crippen molar-refractivity contribution >= 4 is 59.9 Å². The summed E-state index contributed by atoms with van der Waals surface area (Å²) in [4.78, 5) is 12.5. The van der Waals surface area contributed by atoms with E-state index in [9.17, 15) is 13.2 Å². The lowest BCUT2D eigenvalue weighted by molar-refractivity contribution is 0.102. The lowest BCUT2D eigenvalue weighted by Gasteiger charge is -2.07. The van der Waals surface area contributed by atoms with E-state index in [-0.39, 0.29) is 15.4 Å². The minimum atomic E-state index is -3.98. The molecule has 0 fully saturated rings. The molecule has 2 N–H and O–H groups in total. The van der Waals surface area contributed by atoms with E-state index in [1.54, 1.807) is 18.2 Å². The van der Waals surface area contributed by atoms with Crippen molar-refractivity contribution in [2.45, 2.75) is 24.7 Å². The molecule has 1 amide bonds. The first-order valence-electron chi connectivity index (χ1n) is 10.6. The number of carbonyl (C=O) groups is 1. The highest BCUT2D eigenvalue weighted by Crippen LogP contribution is 2.32. The molecule has 2 aromatic heterocycles. The minimum absolute atomic E-state index is 0.107. The molecule has 0 unspecified atom stereocenters. The summed E-state index contributed by atoms with van der Waals surface area (Å²) in [5, 5.41) is 12.4. The Balaban J connectivity index is 1.41. The molecule has 0 aliphatic carbocycles. The summed E-state index contributed by atoms with van der Waals surface area (Å²) in [5.41, 5.74) is 3.84. The van der Waals surface area contributed by atoms with Crippen molar-refractivity contribution < 1.29 is 13.2 Å². The summed E-state index contributed by atoms with van der Waals surface area (Å²) >= 11 is 0.793. The van der Waals surface area contributed by atoms with Crippen LogP contribution in [0.15, 0.2) is 71.1 Å². The molecule has 0 spiro atoms. The number of nitrogens with one attached hydrogen (secondary N) is 2. The maximum Gasteiger partial charge on any atom is 0.291 e. The molecule has 34 heavy (non-hydrogen) atoms. The van der Waals surface area contributed by atoms with E-state index in [2.05, 4.69) is 37.8 Å². The highest BCUT2D eigenvalue weighted by Gasteiger charge is 2.22. The normalized spacial score (nSPS) is 11.7. The molecule has 3 aromatic carbocycles. The number of nitrogens with zero attached hydrogens (tertiary/aromatic N) is 3. The van der Waals surface area contributed by atoms with Crippen molar-refractivity contribution in [3.63, 3.8) is 0 Å². The summed E-state index contributed by atoms with van der Waals surface area (Å²) in [6, 6.07) is 20.6. The number of hydrogen-bond acceptors (Lipinski definition) is 6. The largest absolute Gasteiger partial charge is 0.341 e. The fourth-order valence-corrected chi connectivity index (χ4v) is 5.96. The second-order valence-corrected chi connectivity index (χ2v) is 10.6. The fourth-order valence-electron chi connectivity index (χ4n) is 4.02. The van der Waals surface area contributed by atoms with E-state index in [1.165, 1.54) is 0 Å². The van der Waals surface area contributed by atoms with Gasteiger partial charge in [0.2, 0.25) is 5.13 Å². The number of sulfonamides is 1. The Morgan fingerprint density at radius 1 is 0.971 bits per heavy atom. The van der Waals surface area contributed by atoms with Gasteiger partial charge in [0.15, 0.2) is 0 Å². The molecule has 0 aliphatic heterocycles. The predicted molar refractivity (Wildman–Crippen MR) is 135 cm³/mol. The molecule has 172 valence electrons. The second-order valence-electron chi connectivity index (χ2n) is 7.74. The Morgan fingerprint density at radius 3 is 2.50 bits per heavy atom. The number of carbonyl (C=O) groups excluding carboxylic acids is 1. The number of rotatable bonds is 6. The lowest BCUT2D eigenvalue weighted by atomic mass is 10.1. The third-order valence-electron chi connectivity index (χ3n) is 5.59. The van der Waals surface area contributed by atoms with E-state index in [1.807, 2.05) is 49.4 Å². The van der Waals surface area contributed by atoms with Crippen molar-refractivity contribution in [3.8, 4) is 0 Å². The van der Waals surface area contributed by atoms with Crippen LogP contribution in [-0.2, 0) is 16.6 Å². The molecule has 0 saturated carbocycles. The first-order valence-corrected chi connectivity index (χ1v) is 12.9. The van der Waals surface area contributed by atoms with Crippen molar-refractivity contribution in [2.24, 2.45) is 0 Å². The van der Waals surface area contributed by atoms with E-state index >= 15 is 0 Å². The number of hydrogen-bond donors (Lipinski definition) is 2. The maximum atomic E-state index is 13.0. The zero-order valence-electron chi connectivity index (χ0n) is 18.4. The zero-order valence-corrected chi connectivity index (χ0v) is 20.1. The van der Waals surface area contributed by atoms with Gasteiger partial charge in [-0.2, -0.15) is 8.42 Å². The van der Waals surface area contributed by atoms with Crippen LogP contribution in [0.4, 0.5) is 10.8 Å². The quantitative estimate of drug-likeness (QED) is 0.324. The first kappa shape index (κ1) is 22.1. The van der Waals surface area contributed by atoms with Crippen LogP contribution in [-0.4, -0.2) is 29.1 Å². The van der Waals surface area contributed by atoms with Crippen molar-refractivity contribution in [3.05, 3.63) is 77.9 Å². The molecule has 5 rings (SSSR count). The topological polar surface area (TPSA) is 106 Å². The molecule has 0 saturated heterocycles. The molecule has 8 nitrogen and oxygen atoms in total. The minimum Gasteiger partial charge on any atom is -0.341 e. The van der Waals surface area contributed by atoms with Gasteiger partial charge in [-0.1, -0.05) is 47.7 Å². The zero-order chi connectivity index (χ0) is 23.9. The van der Waals surface area contributed by atoms with Crippen molar-refractivity contribution in [1.82, 2.24) is 14.8 Å². The van der Waals surface area contributed by atoms with Crippen LogP contribution in [0.5, 0.6) is 0 Å². The van der Waals surface area contributed by atoms with Gasteiger partial charge in [0, 0.05) is 39.6 Å². The van der Waals surface area contributed by atoms with Crippen LogP contribution in [0, 0.1) is 6.92 Å². The predicted octanol–water partition coefficient (Wildman–Crippen LogP) is 5.03. The van der Waals surface area contributed by atoms with E-state index in [0.717, 1.165) is 45.3 Å². The smallest absolute Gasteiger partial charge is 0.291 e. The molecule has 2 heterocycles. The van der Waals surface area contributed by atoms with Gasteiger partial charge in [0.05, 0.1) is 0 Å². The summed E-state index contributed by atoms with van der Waals surface area (Å²) in [7, 11) is -3.98. The average molecular weight is 492 g/mol. The number of anilines is 2. The SMILES string of the molecule is CCn1c2ccccc2c2cc(NS(=O)(=O)c3nnc(NC(=O)c4ccccc4C)s3)ccc21. The molecule has 0 atom stereocenters. The Hall–Kier alpha value is -3.76. The molecule has 5 aromatic rings. The van der Waals surface area contributed by atoms with Gasteiger partial charge in [-0.25, -0.2) is 0 Å². The molecular formula is C24H21N5O3S2. The van der Waals surface area contributed by atoms with Gasteiger partial charge in [-0.05, 0) is 49.7 Å². The number of fused-ring (bicyclic) bond motifs is 3. The van der Waals surface area contributed by atoms with Crippen LogP contribution >= 0.6 is 11.3 Å². The van der Waals surface area contributed by atoms with Crippen LogP contribution in [0.25, 0.3) is 21.8 Å². The Kier molecular flexibility index (Phi) is 5.54. The van der Waals surface area contributed by atoms with Gasteiger partial charge >= 0.3 is 0 Å². The number of aromatic nitrogens is 3. The van der Waals surface area contributed by atoms with E-state index in [0.29, 0.717) is 11.3 Å². The molecule has 0 radical (unpaired) electrons. The van der Waals surface area contributed by atoms with E-state index < -0.39 is 10.0 Å². The number of amides is 1. The average Bonchev–Trinajstić information content (AvgIpc) is 3.42. The van der Waals surface area contributed by atoms with Gasteiger partial charge in [-0.15, -0.1) is 10.2 Å². The molecule has 0 bridgehead atoms. The highest BCUT2D eigenvalue weighted by atomic mass is 32.2. The summed E-state index contributed by atoms with van der Waals surface area (Å²) in [6.07, 6.45) is 0. The van der Waals surface area contributed by atoms with Crippen LogP contribution < -0.4 is 10.0 Å². The van der Waals surface area contributed by atoms with Crippen molar-refractivity contribution in [2.75, 3.05) is 10.0 Å². The summed E-state index contributed by atoms with van der Waals surface area (Å²) in [5.74, 6) is -0.371. The molecular weight excluding hydrogens is 470 g/mol. The maximum absolute atomic E-state index is 13.0. The van der Waals surface area contributed by atoms with Gasteiger partial charge in [0.1, 0.15) is 0 Å². The first-order chi connectivity index (χ1) is 16.4. The third-order valence-corrected chi connectivity index (χ3v) is 8.17. The second kappa shape index (κ2) is 8.54. The highest BCUT2D eigenvalue weighted by molar-refractivity contribution is 7.94. The van der Waals surface area contributed by atoms with Gasteiger partial charge in [-0.3, -0.25) is 14.8 Å². The summed E-state index contributed by atoms with van der Waals surface area (Å²) in [6.45, 7) is 4.70. The third kappa shape index (κ3) is 3.91. The number of aryl methyl sites for hydroxylation is 2. The number of benzene rings is 3. The van der Waals surface area contributed by atoms with Crippen LogP contribution in [0.3, 0.4) is 0 Å². The van der Waals surface area contributed by atoms with Gasteiger partial charge in [0.25, 0.3) is 20.3 Å². The Labute approximate surface area is 200 Å². The summed E-state index contributed by atoms with van der Waals surface area (Å²) < 4.78 is 30.5.